The molecule has 0 fully saturated rings. The summed E-state index contributed by atoms with van der Waals surface area (Å²) >= 11 is 10.1. The van der Waals surface area contributed by atoms with E-state index in [2.05, 4.69) is 70.5 Å². The minimum Gasteiger partial charge on any atom is -0.0824 e. The second kappa shape index (κ2) is 4.47. The van der Waals surface area contributed by atoms with Crippen molar-refractivity contribution >= 4 is 59.8 Å². The third-order valence-corrected chi connectivity index (χ3v) is 5.08. The van der Waals surface area contributed by atoms with Gasteiger partial charge in [-0.3, -0.25) is 0 Å². The van der Waals surface area contributed by atoms with Crippen LogP contribution in [0.1, 0.15) is 0 Å². The molecule has 0 N–H and O–H groups in total. The van der Waals surface area contributed by atoms with Crippen LogP contribution >= 0.6 is 27.5 Å². The monoisotopic (exact) mass is 340 g/mol. The lowest BCUT2D eigenvalue weighted by atomic mass is 9.94. The fraction of sp³-hybridized carbons (Fsp3) is 0. The van der Waals surface area contributed by atoms with Crippen molar-refractivity contribution in [1.29, 1.82) is 0 Å². The van der Waals surface area contributed by atoms with Gasteiger partial charge in [-0.05, 0) is 48.9 Å². The summed E-state index contributed by atoms with van der Waals surface area (Å²) in [6, 6.07) is 21.1. The smallest absolute Gasteiger partial charge is 0.0632 e. The number of rotatable bonds is 0. The van der Waals surface area contributed by atoms with Crippen LogP contribution in [-0.2, 0) is 0 Å². The fourth-order valence-corrected chi connectivity index (χ4v) is 3.52. The summed E-state index contributed by atoms with van der Waals surface area (Å²) in [5.74, 6) is 0. The van der Waals surface area contributed by atoms with E-state index in [-0.39, 0.29) is 0 Å². The van der Waals surface area contributed by atoms with Crippen molar-refractivity contribution in [3.05, 3.63) is 70.2 Å². The number of hydrogen-bond acceptors (Lipinski definition) is 0. The number of benzene rings is 4. The Morgan fingerprint density at radius 3 is 1.65 bits per heavy atom. The van der Waals surface area contributed by atoms with Gasteiger partial charge in [-0.15, -0.1) is 0 Å². The van der Waals surface area contributed by atoms with Crippen molar-refractivity contribution in [3.8, 4) is 0 Å². The third-order valence-electron chi connectivity index (χ3n) is 3.80. The van der Waals surface area contributed by atoms with E-state index in [0.717, 1.165) is 14.9 Å². The van der Waals surface area contributed by atoms with Crippen LogP contribution in [0.2, 0.25) is 5.02 Å². The Morgan fingerprint density at radius 2 is 1.05 bits per heavy atom. The van der Waals surface area contributed by atoms with Crippen LogP contribution in [0.25, 0.3) is 32.3 Å². The van der Waals surface area contributed by atoms with E-state index >= 15 is 0 Å². The zero-order valence-corrected chi connectivity index (χ0v) is 12.9. The fourth-order valence-electron chi connectivity index (χ4n) is 2.93. The predicted molar refractivity (Wildman–Crippen MR) is 91.7 cm³/mol. The van der Waals surface area contributed by atoms with Crippen LogP contribution in [0.15, 0.2) is 65.1 Å². The Bertz CT molecular complexity index is 938. The average Bonchev–Trinajstić information content (AvgIpc) is 2.50. The van der Waals surface area contributed by atoms with Crippen molar-refractivity contribution < 1.29 is 0 Å². The Balaban J connectivity index is 2.46. The topological polar surface area (TPSA) is 0 Å². The molecule has 4 rings (SSSR count). The summed E-state index contributed by atoms with van der Waals surface area (Å²) in [5.41, 5.74) is 0. The molecule has 0 unspecified atom stereocenters. The van der Waals surface area contributed by atoms with E-state index in [9.17, 15) is 0 Å². The molecule has 0 radical (unpaired) electrons. The van der Waals surface area contributed by atoms with Gasteiger partial charge in [-0.25, -0.2) is 0 Å². The van der Waals surface area contributed by atoms with E-state index in [0.29, 0.717) is 0 Å². The van der Waals surface area contributed by atoms with Crippen LogP contribution in [0.4, 0.5) is 0 Å². The third kappa shape index (κ3) is 1.60. The van der Waals surface area contributed by atoms with Gasteiger partial charge in [0.1, 0.15) is 0 Å². The molecule has 0 saturated carbocycles. The molecule has 0 bridgehead atoms. The summed E-state index contributed by atoms with van der Waals surface area (Å²) < 4.78 is 0.937. The van der Waals surface area contributed by atoms with Gasteiger partial charge in [0.25, 0.3) is 0 Å². The standard InChI is InChI=1S/C18H10BrCl/c19-16-10-9-15-13-7-2-1-5-11(13)12-6-3-4-8-14(12)17(15)18(16)20/h1-10H. The van der Waals surface area contributed by atoms with Crippen molar-refractivity contribution in [1.82, 2.24) is 0 Å². The van der Waals surface area contributed by atoms with E-state index in [1.807, 2.05) is 6.07 Å². The van der Waals surface area contributed by atoms with Crippen LogP contribution in [0, 0.1) is 0 Å². The molecule has 0 nitrogen and oxygen atoms in total. The molecule has 0 aromatic heterocycles. The Labute approximate surface area is 130 Å². The molecule has 2 heteroatoms. The molecule has 20 heavy (non-hydrogen) atoms. The summed E-state index contributed by atoms with van der Waals surface area (Å²) in [6.45, 7) is 0. The minimum absolute atomic E-state index is 0.782. The van der Waals surface area contributed by atoms with Gasteiger partial charge in [0.05, 0.1) is 5.02 Å². The van der Waals surface area contributed by atoms with E-state index < -0.39 is 0 Å². The molecule has 0 spiro atoms. The number of halogens is 2. The Hall–Kier alpha value is -1.57. The van der Waals surface area contributed by atoms with Gasteiger partial charge in [0.2, 0.25) is 0 Å². The quantitative estimate of drug-likeness (QED) is 0.318. The molecule has 96 valence electrons. The zero-order chi connectivity index (χ0) is 13.7. The van der Waals surface area contributed by atoms with E-state index in [1.54, 1.807) is 0 Å². The number of hydrogen-bond donors (Lipinski definition) is 0. The van der Waals surface area contributed by atoms with Gasteiger partial charge in [-0.1, -0.05) is 66.2 Å². The van der Waals surface area contributed by atoms with Gasteiger partial charge in [0, 0.05) is 9.86 Å². The number of fused-ring (bicyclic) bond motifs is 6. The molecule has 4 aromatic rings. The highest BCUT2D eigenvalue weighted by atomic mass is 79.9. The first-order valence-electron chi connectivity index (χ1n) is 6.44. The summed E-state index contributed by atoms with van der Waals surface area (Å²) in [6.07, 6.45) is 0. The molecule has 0 atom stereocenters. The molecule has 0 aliphatic rings. The molecule has 0 heterocycles. The summed E-state index contributed by atoms with van der Waals surface area (Å²) in [4.78, 5) is 0. The molecular weight excluding hydrogens is 332 g/mol. The second-order valence-electron chi connectivity index (χ2n) is 4.88. The molecule has 0 saturated heterocycles. The molecular formula is C18H10BrCl. The largest absolute Gasteiger partial charge is 0.0824 e. The summed E-state index contributed by atoms with van der Waals surface area (Å²) in [5, 5.41) is 8.07. The zero-order valence-electron chi connectivity index (χ0n) is 10.5. The first-order valence-corrected chi connectivity index (χ1v) is 7.61. The lowest BCUT2D eigenvalue weighted by Crippen LogP contribution is -1.84. The van der Waals surface area contributed by atoms with Crippen LogP contribution in [0.3, 0.4) is 0 Å². The van der Waals surface area contributed by atoms with Crippen LogP contribution in [0.5, 0.6) is 0 Å². The maximum absolute atomic E-state index is 6.56. The minimum atomic E-state index is 0.782. The highest BCUT2D eigenvalue weighted by Crippen LogP contribution is 2.40. The molecule has 0 amide bonds. The van der Waals surface area contributed by atoms with Gasteiger partial charge >= 0.3 is 0 Å². The normalized spacial score (nSPS) is 11.5. The lowest BCUT2D eigenvalue weighted by Gasteiger charge is -2.12. The predicted octanol–water partition coefficient (Wildman–Crippen LogP) is 6.56. The van der Waals surface area contributed by atoms with Crippen molar-refractivity contribution in [2.75, 3.05) is 0 Å². The molecule has 0 aliphatic carbocycles. The lowest BCUT2D eigenvalue weighted by molar-refractivity contribution is 1.73. The first kappa shape index (κ1) is 12.2. The molecule has 4 aromatic carbocycles. The maximum atomic E-state index is 6.56. The summed E-state index contributed by atoms with van der Waals surface area (Å²) in [7, 11) is 0. The van der Waals surface area contributed by atoms with Crippen molar-refractivity contribution in [2.24, 2.45) is 0 Å². The Morgan fingerprint density at radius 1 is 0.600 bits per heavy atom. The van der Waals surface area contributed by atoms with Gasteiger partial charge in [-0.2, -0.15) is 0 Å². The van der Waals surface area contributed by atoms with Gasteiger partial charge < -0.3 is 0 Å². The van der Waals surface area contributed by atoms with Crippen molar-refractivity contribution in [2.45, 2.75) is 0 Å². The van der Waals surface area contributed by atoms with E-state index in [1.165, 1.54) is 26.9 Å². The highest BCUT2D eigenvalue weighted by Gasteiger charge is 2.11. The first-order chi connectivity index (χ1) is 9.77. The average molecular weight is 342 g/mol. The highest BCUT2D eigenvalue weighted by molar-refractivity contribution is 9.10. The Kier molecular flexibility index (Phi) is 2.73. The SMILES string of the molecule is Clc1c(Br)ccc2c3ccccc3c3ccccc3c12. The molecule has 0 aliphatic heterocycles. The second-order valence-corrected chi connectivity index (χ2v) is 6.11. The van der Waals surface area contributed by atoms with Crippen LogP contribution in [-0.4, -0.2) is 0 Å². The van der Waals surface area contributed by atoms with Crippen molar-refractivity contribution in [3.63, 3.8) is 0 Å². The van der Waals surface area contributed by atoms with Gasteiger partial charge in [0.15, 0.2) is 0 Å². The van der Waals surface area contributed by atoms with Crippen LogP contribution < -0.4 is 0 Å². The maximum Gasteiger partial charge on any atom is 0.0632 e. The van der Waals surface area contributed by atoms with E-state index in [4.69, 9.17) is 11.6 Å².